The maximum Gasteiger partial charge on any atom is 0.300 e. The summed E-state index contributed by atoms with van der Waals surface area (Å²) >= 11 is 0. The van der Waals surface area contributed by atoms with Gasteiger partial charge in [-0.3, -0.25) is 14.5 Å². The van der Waals surface area contributed by atoms with E-state index in [1.165, 1.54) is 11.0 Å². The van der Waals surface area contributed by atoms with Crippen molar-refractivity contribution in [2.24, 2.45) is 0 Å². The first kappa shape index (κ1) is 23.1. The first-order valence-corrected chi connectivity index (χ1v) is 11.3. The Morgan fingerprint density at radius 1 is 1.00 bits per heavy atom. The highest BCUT2D eigenvalue weighted by molar-refractivity contribution is 6.51. The van der Waals surface area contributed by atoms with Crippen LogP contribution in [0.3, 0.4) is 0 Å². The van der Waals surface area contributed by atoms with E-state index in [9.17, 15) is 19.8 Å². The zero-order chi connectivity index (χ0) is 24.4. The zero-order valence-electron chi connectivity index (χ0n) is 19.4. The van der Waals surface area contributed by atoms with Gasteiger partial charge in [-0.25, -0.2) is 0 Å². The standard InChI is InChI=1S/C28H27NO5/c1-4-34-23-15-14-19(16-20(23)17(2)3)26(31)24-25(18-10-6-5-7-11-18)29(28(33)27(24)32)21-12-8-9-13-22(21)30/h5-17,25,30-31H,4H2,1-3H3/b26-24-. The number of carbonyl (C=O) groups is 2. The van der Waals surface area contributed by atoms with Crippen molar-refractivity contribution in [2.75, 3.05) is 11.5 Å². The minimum absolute atomic E-state index is 0.0293. The van der Waals surface area contributed by atoms with E-state index in [4.69, 9.17) is 4.74 Å². The summed E-state index contributed by atoms with van der Waals surface area (Å²) in [6.45, 7) is 6.44. The van der Waals surface area contributed by atoms with Gasteiger partial charge >= 0.3 is 0 Å². The average molecular weight is 458 g/mol. The van der Waals surface area contributed by atoms with Gasteiger partial charge in [-0.1, -0.05) is 56.3 Å². The molecular weight excluding hydrogens is 430 g/mol. The second-order valence-electron chi connectivity index (χ2n) is 8.41. The molecule has 0 aliphatic carbocycles. The molecule has 1 aliphatic rings. The Morgan fingerprint density at radius 3 is 2.32 bits per heavy atom. The average Bonchev–Trinajstić information content (AvgIpc) is 3.10. The quantitative estimate of drug-likeness (QED) is 0.288. The van der Waals surface area contributed by atoms with E-state index in [1.54, 1.807) is 60.7 Å². The molecule has 1 saturated heterocycles. The molecule has 2 N–H and O–H groups in total. The molecule has 34 heavy (non-hydrogen) atoms. The first-order valence-electron chi connectivity index (χ1n) is 11.3. The molecule has 3 aromatic carbocycles. The summed E-state index contributed by atoms with van der Waals surface area (Å²) in [4.78, 5) is 27.7. The smallest absolute Gasteiger partial charge is 0.300 e. The lowest BCUT2D eigenvalue weighted by molar-refractivity contribution is -0.132. The Bertz CT molecular complexity index is 1260. The molecule has 0 bridgehead atoms. The molecule has 1 amide bonds. The summed E-state index contributed by atoms with van der Waals surface area (Å²) in [5.41, 5.74) is 2.12. The third-order valence-corrected chi connectivity index (χ3v) is 5.91. The maximum absolute atomic E-state index is 13.3. The Kier molecular flexibility index (Phi) is 6.41. The molecule has 3 aromatic rings. The molecule has 0 aromatic heterocycles. The molecular formula is C28H27NO5. The molecule has 6 nitrogen and oxygen atoms in total. The van der Waals surface area contributed by atoms with Crippen LogP contribution in [0.5, 0.6) is 11.5 Å². The number of hydrogen-bond acceptors (Lipinski definition) is 5. The summed E-state index contributed by atoms with van der Waals surface area (Å²) in [6.07, 6.45) is 0. The number of para-hydroxylation sites is 2. The van der Waals surface area contributed by atoms with Gasteiger partial charge in [0.25, 0.3) is 11.7 Å². The van der Waals surface area contributed by atoms with Gasteiger partial charge in [0, 0.05) is 5.56 Å². The highest BCUT2D eigenvalue weighted by atomic mass is 16.5. The van der Waals surface area contributed by atoms with Crippen molar-refractivity contribution in [3.8, 4) is 11.5 Å². The molecule has 6 heteroatoms. The number of phenolic OH excluding ortho intramolecular Hbond substituents is 1. The summed E-state index contributed by atoms with van der Waals surface area (Å²) in [5, 5.41) is 21.8. The number of aliphatic hydroxyl groups is 1. The van der Waals surface area contributed by atoms with Crippen LogP contribution in [0.2, 0.25) is 0 Å². The van der Waals surface area contributed by atoms with Gasteiger partial charge < -0.3 is 14.9 Å². The predicted octanol–water partition coefficient (Wildman–Crippen LogP) is 5.54. The minimum atomic E-state index is -0.899. The van der Waals surface area contributed by atoms with Gasteiger partial charge in [0.05, 0.1) is 23.9 Å². The van der Waals surface area contributed by atoms with Crippen LogP contribution < -0.4 is 9.64 Å². The Labute approximate surface area is 198 Å². The maximum atomic E-state index is 13.3. The highest BCUT2D eigenvalue weighted by Gasteiger charge is 2.47. The summed E-state index contributed by atoms with van der Waals surface area (Å²) in [5.74, 6) is -1.20. The molecule has 1 unspecified atom stereocenters. The van der Waals surface area contributed by atoms with Crippen LogP contribution in [0.25, 0.3) is 5.76 Å². The van der Waals surface area contributed by atoms with Gasteiger partial charge in [-0.2, -0.15) is 0 Å². The number of ketones is 1. The van der Waals surface area contributed by atoms with Crippen molar-refractivity contribution in [3.05, 3.63) is 95.1 Å². The van der Waals surface area contributed by atoms with Crippen molar-refractivity contribution in [1.82, 2.24) is 0 Å². The number of carbonyl (C=O) groups excluding carboxylic acids is 2. The number of aliphatic hydroxyl groups excluding tert-OH is 1. The molecule has 0 spiro atoms. The molecule has 1 fully saturated rings. The normalized spacial score (nSPS) is 17.4. The Morgan fingerprint density at radius 2 is 1.68 bits per heavy atom. The van der Waals surface area contributed by atoms with Gasteiger partial charge in [-0.15, -0.1) is 0 Å². The van der Waals surface area contributed by atoms with E-state index < -0.39 is 17.7 Å². The fourth-order valence-electron chi connectivity index (χ4n) is 4.29. The lowest BCUT2D eigenvalue weighted by atomic mass is 9.93. The summed E-state index contributed by atoms with van der Waals surface area (Å²) in [7, 11) is 0. The third-order valence-electron chi connectivity index (χ3n) is 5.91. The van der Waals surface area contributed by atoms with Crippen molar-refractivity contribution < 1.29 is 24.5 Å². The predicted molar refractivity (Wildman–Crippen MR) is 131 cm³/mol. The number of benzene rings is 3. The van der Waals surface area contributed by atoms with Crippen LogP contribution in [-0.4, -0.2) is 28.5 Å². The van der Waals surface area contributed by atoms with Crippen molar-refractivity contribution in [3.63, 3.8) is 0 Å². The number of hydrogen-bond donors (Lipinski definition) is 2. The van der Waals surface area contributed by atoms with Crippen molar-refractivity contribution in [2.45, 2.75) is 32.7 Å². The molecule has 1 aliphatic heterocycles. The topological polar surface area (TPSA) is 87.1 Å². The number of rotatable bonds is 6. The molecule has 0 saturated carbocycles. The third kappa shape index (κ3) is 4.03. The lowest BCUT2D eigenvalue weighted by Gasteiger charge is -2.26. The number of anilines is 1. The fourth-order valence-corrected chi connectivity index (χ4v) is 4.29. The monoisotopic (exact) mass is 457 g/mol. The van der Waals surface area contributed by atoms with Gasteiger partial charge in [0.1, 0.15) is 17.3 Å². The second kappa shape index (κ2) is 9.43. The summed E-state index contributed by atoms with van der Waals surface area (Å²) in [6, 6.07) is 19.7. The van der Waals surface area contributed by atoms with Gasteiger partial charge in [0.2, 0.25) is 0 Å². The molecule has 174 valence electrons. The number of Topliss-reactive ketones (excluding diaryl/α,β-unsaturated/α-hetero) is 1. The van der Waals surface area contributed by atoms with E-state index in [-0.39, 0.29) is 28.7 Å². The van der Waals surface area contributed by atoms with E-state index in [1.807, 2.05) is 26.8 Å². The second-order valence-corrected chi connectivity index (χ2v) is 8.41. The number of phenols is 1. The van der Waals surface area contributed by atoms with Crippen LogP contribution >= 0.6 is 0 Å². The van der Waals surface area contributed by atoms with Crippen LogP contribution in [-0.2, 0) is 9.59 Å². The minimum Gasteiger partial charge on any atom is -0.507 e. The molecule has 1 atom stereocenters. The number of nitrogens with zero attached hydrogens (tertiary/aromatic N) is 1. The van der Waals surface area contributed by atoms with Crippen LogP contribution in [0, 0.1) is 0 Å². The number of ether oxygens (including phenoxy) is 1. The van der Waals surface area contributed by atoms with Crippen LogP contribution in [0.4, 0.5) is 5.69 Å². The number of amides is 1. The van der Waals surface area contributed by atoms with Gasteiger partial charge in [0.15, 0.2) is 0 Å². The number of aromatic hydroxyl groups is 1. The fraction of sp³-hybridized carbons (Fsp3) is 0.214. The Balaban J connectivity index is 1.93. The van der Waals surface area contributed by atoms with E-state index in [0.29, 0.717) is 23.5 Å². The highest BCUT2D eigenvalue weighted by Crippen LogP contribution is 2.45. The van der Waals surface area contributed by atoms with E-state index >= 15 is 0 Å². The first-order chi connectivity index (χ1) is 16.3. The SMILES string of the molecule is CCOc1ccc(/C(O)=C2/C(=O)C(=O)N(c3ccccc3O)C2c2ccccc2)cc1C(C)C. The van der Waals surface area contributed by atoms with Crippen molar-refractivity contribution in [1.29, 1.82) is 0 Å². The molecule has 4 rings (SSSR count). The lowest BCUT2D eigenvalue weighted by Crippen LogP contribution is -2.29. The van der Waals surface area contributed by atoms with Crippen LogP contribution in [0.1, 0.15) is 49.4 Å². The summed E-state index contributed by atoms with van der Waals surface area (Å²) < 4.78 is 5.72. The van der Waals surface area contributed by atoms with E-state index in [2.05, 4.69) is 0 Å². The zero-order valence-corrected chi connectivity index (χ0v) is 19.4. The molecule has 0 radical (unpaired) electrons. The Hall–Kier alpha value is -4.06. The van der Waals surface area contributed by atoms with Gasteiger partial charge in [-0.05, 0) is 54.3 Å². The largest absolute Gasteiger partial charge is 0.507 e. The molecule has 1 heterocycles. The van der Waals surface area contributed by atoms with E-state index in [0.717, 1.165) is 5.56 Å². The van der Waals surface area contributed by atoms with Crippen LogP contribution in [0.15, 0.2) is 78.4 Å². The van der Waals surface area contributed by atoms with Crippen molar-refractivity contribution >= 4 is 23.1 Å².